The number of benzene rings is 2. The summed E-state index contributed by atoms with van der Waals surface area (Å²) in [7, 11) is 5.14. The molecule has 0 heterocycles. The number of hydrogen-bond donors (Lipinski definition) is 1. The molecule has 9 nitrogen and oxygen atoms in total. The topological polar surface area (TPSA) is 132 Å². The zero-order chi connectivity index (χ0) is 20.2. The maximum atomic E-state index is 8.50. The van der Waals surface area contributed by atoms with Crippen molar-refractivity contribution in [2.45, 2.75) is 0 Å². The Balaban J connectivity index is 0.00000114. The molecule has 0 bridgehead atoms. The Kier molecular flexibility index (Phi) is 9.63. The van der Waals surface area contributed by atoms with Gasteiger partial charge < -0.3 is 28.2 Å². The molecule has 2 rings (SSSR count). The van der Waals surface area contributed by atoms with Crippen LogP contribution in [0.1, 0.15) is 5.56 Å². The van der Waals surface area contributed by atoms with Gasteiger partial charge in [-0.2, -0.15) is 10.2 Å². The van der Waals surface area contributed by atoms with Gasteiger partial charge in [-0.25, -0.2) is 4.68 Å². The third-order valence-corrected chi connectivity index (χ3v) is 2.97. The number of azo groups is 1. The zero-order valence-corrected chi connectivity index (χ0v) is 17.1. The average Bonchev–Trinajstić information content (AvgIpc) is 2.63. The second-order valence-electron chi connectivity index (χ2n) is 4.72. The van der Waals surface area contributed by atoms with Gasteiger partial charge >= 0.3 is 25.3 Å². The predicted molar refractivity (Wildman–Crippen MR) is 97.8 cm³/mol. The summed E-state index contributed by atoms with van der Waals surface area (Å²) in [6, 6.07) is 12.6. The van der Waals surface area contributed by atoms with Gasteiger partial charge in [0.25, 0.3) is 5.75 Å². The number of methoxy groups -OCH3 is 1. The van der Waals surface area contributed by atoms with Gasteiger partial charge in [0.05, 0.1) is 30.3 Å². The van der Waals surface area contributed by atoms with E-state index in [4.69, 9.17) is 35.0 Å². The van der Waals surface area contributed by atoms with Crippen LogP contribution in [0.2, 0.25) is 0 Å². The molecule has 0 aliphatic carbocycles. The molecule has 4 N–H and O–H groups in total. The molecular formula is C16H17MoN5O4S+2. The summed E-state index contributed by atoms with van der Waals surface area (Å²) >= 11 is 2.67. The summed E-state index contributed by atoms with van der Waals surface area (Å²) < 4.78 is 23.4. The first-order valence-electron chi connectivity index (χ1n) is 7.19. The van der Waals surface area contributed by atoms with Crippen LogP contribution >= 0.6 is 0 Å². The Morgan fingerprint density at radius 1 is 1.26 bits per heavy atom. The fourth-order valence-electron chi connectivity index (χ4n) is 1.87. The van der Waals surface area contributed by atoms with Crippen molar-refractivity contribution in [2.24, 2.45) is 21.1 Å². The zero-order valence-electron chi connectivity index (χ0n) is 14.2. The van der Waals surface area contributed by atoms with E-state index in [0.29, 0.717) is 17.0 Å². The van der Waals surface area contributed by atoms with Crippen molar-refractivity contribution in [1.29, 1.82) is 0 Å². The molecule has 2 aromatic rings. The van der Waals surface area contributed by atoms with E-state index in [-0.39, 0.29) is 10.9 Å². The standard InChI is InChI=1S/C16H17N5O2S.Mo.2O/c1-21(20-16(17)24)10-11-8-13(9-14(23-2)15(11)22)19-18-12-6-4-3-5-7-12;;;/h3-10,22H,1H2,2H3,(H3,17,20,24);;;/q;+2;;. The van der Waals surface area contributed by atoms with Crippen molar-refractivity contribution in [3.8, 4) is 11.5 Å². The van der Waals surface area contributed by atoms with Crippen LogP contribution in [-0.2, 0) is 37.9 Å². The second kappa shape index (κ2) is 11.7. The van der Waals surface area contributed by atoms with Crippen molar-refractivity contribution in [3.05, 3.63) is 55.1 Å². The van der Waals surface area contributed by atoms with Gasteiger partial charge in [-0.05, 0) is 23.3 Å². The summed E-state index contributed by atoms with van der Waals surface area (Å²) in [5, 5.41) is 20.2. The third-order valence-electron chi connectivity index (χ3n) is 2.89. The van der Waals surface area contributed by atoms with Crippen molar-refractivity contribution in [2.75, 3.05) is 7.11 Å². The molecule has 0 fully saturated rings. The van der Waals surface area contributed by atoms with Crippen LogP contribution in [0, 0.1) is 7.05 Å². The molecule has 0 atom stereocenters. The summed E-state index contributed by atoms with van der Waals surface area (Å²) in [6.45, 7) is 0. The van der Waals surface area contributed by atoms with Crippen LogP contribution in [0.5, 0.6) is 11.5 Å². The third kappa shape index (κ3) is 7.93. The Hall–Kier alpha value is -2.84. The Bertz CT molecular complexity index is 893. The Morgan fingerprint density at radius 3 is 2.41 bits per heavy atom. The molecule has 0 unspecified atom stereocenters. The van der Waals surface area contributed by atoms with E-state index < -0.39 is 18.5 Å². The number of amidine groups is 1. The molecule has 0 saturated heterocycles. The van der Waals surface area contributed by atoms with Gasteiger partial charge in [0.15, 0.2) is 0 Å². The molecule has 0 radical (unpaired) electrons. The fraction of sp³-hybridized carbons (Fsp3) is 0.0625. The monoisotopic (exact) mass is 473 g/mol. The normalized spacial score (nSPS) is 11.4. The summed E-state index contributed by atoms with van der Waals surface area (Å²) in [5.74, 6) is 0.525. The summed E-state index contributed by atoms with van der Waals surface area (Å²) in [6.07, 6.45) is 1.51. The van der Waals surface area contributed by atoms with Crippen molar-refractivity contribution >= 4 is 35.4 Å². The molecule has 2 aromatic carbocycles. The quantitative estimate of drug-likeness (QED) is 0.0823. The average molecular weight is 471 g/mol. The predicted octanol–water partition coefficient (Wildman–Crippen LogP) is 2.31. The van der Waals surface area contributed by atoms with E-state index in [1.807, 2.05) is 30.3 Å². The Morgan fingerprint density at radius 2 is 1.85 bits per heavy atom. The van der Waals surface area contributed by atoms with Gasteiger partial charge in [0, 0.05) is 18.3 Å². The number of rotatable bonds is 5. The first-order valence-corrected chi connectivity index (χ1v) is 9.23. The fourth-order valence-corrected chi connectivity index (χ4v) is 1.97. The number of hydrogen-bond acceptors (Lipinski definition) is 7. The SMILES string of the molecule is [CH2-][N+](=Cc1cc(N=Nc2ccccc2)cc(OC)c1[OH2+])N=C(N)[S-].[O]=[Mo+2]=[O]. The van der Waals surface area contributed by atoms with E-state index in [2.05, 4.69) is 22.4 Å². The second-order valence-corrected chi connectivity index (χ2v) is 5.48. The van der Waals surface area contributed by atoms with Gasteiger partial charge in [-0.15, -0.1) is 0 Å². The minimum atomic E-state index is -2.03. The molecule has 0 amide bonds. The molecule has 11 heteroatoms. The van der Waals surface area contributed by atoms with Gasteiger partial charge in [0.1, 0.15) is 0 Å². The number of nitrogens with zero attached hydrogens (tertiary/aromatic N) is 4. The van der Waals surface area contributed by atoms with Gasteiger partial charge in [0.2, 0.25) is 5.75 Å². The van der Waals surface area contributed by atoms with Crippen LogP contribution < -0.4 is 10.5 Å². The number of nitrogens with two attached hydrogens (primary N) is 1. The molecule has 27 heavy (non-hydrogen) atoms. The van der Waals surface area contributed by atoms with Crippen molar-refractivity contribution < 1.29 is 39.8 Å². The van der Waals surface area contributed by atoms with Crippen LogP contribution in [0.4, 0.5) is 11.4 Å². The van der Waals surface area contributed by atoms with Crippen LogP contribution in [0.3, 0.4) is 0 Å². The molecule has 0 aliphatic rings. The number of hydrazone groups is 1. The molecule has 0 spiro atoms. The van der Waals surface area contributed by atoms with E-state index in [1.54, 1.807) is 12.1 Å². The van der Waals surface area contributed by atoms with E-state index in [0.717, 1.165) is 5.69 Å². The Labute approximate surface area is 169 Å². The molecule has 0 aliphatic heterocycles. The summed E-state index contributed by atoms with van der Waals surface area (Å²) in [4.78, 5) is 0. The first-order chi connectivity index (χ1) is 12.9. The van der Waals surface area contributed by atoms with E-state index in [9.17, 15) is 0 Å². The molecule has 140 valence electrons. The van der Waals surface area contributed by atoms with Crippen LogP contribution in [0.25, 0.3) is 0 Å². The maximum absolute atomic E-state index is 8.50. The van der Waals surface area contributed by atoms with Gasteiger partial charge in [-0.1, -0.05) is 18.2 Å². The first kappa shape index (κ1) is 22.2. The van der Waals surface area contributed by atoms with Crippen molar-refractivity contribution in [1.82, 2.24) is 0 Å². The molecule has 0 aromatic heterocycles. The van der Waals surface area contributed by atoms with Crippen LogP contribution in [0.15, 0.2) is 57.8 Å². The van der Waals surface area contributed by atoms with Gasteiger partial charge in [-0.3, -0.25) is 0 Å². The number of ether oxygens (including phenoxy) is 1. The summed E-state index contributed by atoms with van der Waals surface area (Å²) in [5.41, 5.74) is 7.08. The van der Waals surface area contributed by atoms with Crippen LogP contribution in [-0.4, -0.2) is 28.3 Å². The van der Waals surface area contributed by atoms with E-state index in [1.165, 1.54) is 18.0 Å². The molecule has 0 saturated carbocycles. The molecular weight excluding hydrogens is 454 g/mol. The van der Waals surface area contributed by atoms with E-state index >= 15 is 0 Å². The van der Waals surface area contributed by atoms with Crippen molar-refractivity contribution in [3.63, 3.8) is 0 Å². The minimum absolute atomic E-state index is 0.0559.